The Hall–Kier alpha value is -3.10. The highest BCUT2D eigenvalue weighted by Gasteiger charge is 2.34. The first-order valence-corrected chi connectivity index (χ1v) is 10.2. The molecular weight excluding hydrogens is 426 g/mol. The number of rotatable bonds is 5. The van der Waals surface area contributed by atoms with E-state index in [9.17, 15) is 5.26 Å². The summed E-state index contributed by atoms with van der Waals surface area (Å²) in [6, 6.07) is 28.0. The Labute approximate surface area is 179 Å². The molecule has 0 aliphatic carbocycles. The van der Waals surface area contributed by atoms with Crippen LogP contribution in [-0.4, -0.2) is 17.8 Å². The van der Waals surface area contributed by atoms with Crippen LogP contribution in [0, 0.1) is 11.3 Å². The molecule has 144 valence electrons. The quantitative estimate of drug-likeness (QED) is 0.492. The number of methoxy groups -OCH3 is 1. The average molecular weight is 446 g/mol. The zero-order valence-corrected chi connectivity index (χ0v) is 17.6. The fourth-order valence-electron chi connectivity index (χ4n) is 3.60. The standard InChI is InChI=1S/C24H20BrN3O/c1-29-21-13-9-17(10-14-21)22-15-23(18-5-3-2-4-6-18)28(27-22)24(16-26)19-7-11-20(25)12-8-19/h2-14,23-24H,15H2,1H3/t23-,24+/m1/s1. The van der Waals surface area contributed by atoms with Gasteiger partial charge in [-0.1, -0.05) is 58.4 Å². The molecule has 3 aromatic rings. The summed E-state index contributed by atoms with van der Waals surface area (Å²) in [5, 5.41) is 16.9. The summed E-state index contributed by atoms with van der Waals surface area (Å²) in [5.74, 6) is 0.813. The van der Waals surface area contributed by atoms with E-state index < -0.39 is 6.04 Å². The second-order valence-corrected chi connectivity index (χ2v) is 7.78. The van der Waals surface area contributed by atoms with E-state index in [1.54, 1.807) is 7.11 Å². The van der Waals surface area contributed by atoms with Gasteiger partial charge in [-0.05, 0) is 53.1 Å². The Morgan fingerprint density at radius 3 is 2.34 bits per heavy atom. The second-order valence-electron chi connectivity index (χ2n) is 6.87. The molecule has 0 amide bonds. The Morgan fingerprint density at radius 1 is 1.03 bits per heavy atom. The number of ether oxygens (including phenoxy) is 1. The van der Waals surface area contributed by atoms with Crippen molar-refractivity contribution >= 4 is 21.6 Å². The van der Waals surface area contributed by atoms with Gasteiger partial charge in [-0.2, -0.15) is 10.4 Å². The van der Waals surface area contributed by atoms with E-state index in [1.807, 2.05) is 71.7 Å². The van der Waals surface area contributed by atoms with Crippen LogP contribution < -0.4 is 4.74 Å². The number of nitrogens with zero attached hydrogens (tertiary/aromatic N) is 3. The topological polar surface area (TPSA) is 48.6 Å². The Balaban J connectivity index is 1.73. The summed E-state index contributed by atoms with van der Waals surface area (Å²) in [7, 11) is 1.66. The van der Waals surface area contributed by atoms with Crippen LogP contribution in [0.3, 0.4) is 0 Å². The maximum Gasteiger partial charge on any atom is 0.159 e. The van der Waals surface area contributed by atoms with Gasteiger partial charge in [-0.3, -0.25) is 5.01 Å². The molecule has 0 bridgehead atoms. The van der Waals surface area contributed by atoms with Crippen LogP contribution in [0.5, 0.6) is 5.75 Å². The third-order valence-electron chi connectivity index (χ3n) is 5.12. The second kappa shape index (κ2) is 8.50. The van der Waals surface area contributed by atoms with E-state index in [0.717, 1.165) is 39.0 Å². The van der Waals surface area contributed by atoms with Crippen molar-refractivity contribution in [3.05, 3.63) is 100 Å². The SMILES string of the molecule is COc1ccc(C2=NN([C@@H](C#N)c3ccc(Br)cc3)[C@@H](c3ccccc3)C2)cc1. The summed E-state index contributed by atoms with van der Waals surface area (Å²) in [6.07, 6.45) is 0.741. The molecule has 0 aromatic heterocycles. The van der Waals surface area contributed by atoms with Gasteiger partial charge in [0, 0.05) is 10.9 Å². The number of halogens is 1. The molecule has 3 aromatic carbocycles. The largest absolute Gasteiger partial charge is 0.497 e. The molecule has 0 saturated heterocycles. The molecule has 2 atom stereocenters. The maximum atomic E-state index is 10.0. The van der Waals surface area contributed by atoms with Gasteiger partial charge in [0.25, 0.3) is 0 Å². The lowest BCUT2D eigenvalue weighted by Gasteiger charge is -2.28. The molecule has 4 rings (SSSR count). The lowest BCUT2D eigenvalue weighted by molar-refractivity contribution is 0.196. The minimum absolute atomic E-state index is 0.00148. The van der Waals surface area contributed by atoms with Gasteiger partial charge in [0.1, 0.15) is 5.75 Å². The molecule has 0 unspecified atom stereocenters. The molecule has 1 aliphatic heterocycles. The van der Waals surface area contributed by atoms with Gasteiger partial charge in [0.15, 0.2) is 6.04 Å². The number of nitriles is 1. The highest BCUT2D eigenvalue weighted by molar-refractivity contribution is 9.10. The predicted octanol–water partition coefficient (Wildman–Crippen LogP) is 5.87. The van der Waals surface area contributed by atoms with Crippen molar-refractivity contribution in [2.24, 2.45) is 5.10 Å². The highest BCUT2D eigenvalue weighted by atomic mass is 79.9. The van der Waals surface area contributed by atoms with Crippen LogP contribution in [-0.2, 0) is 0 Å². The molecule has 29 heavy (non-hydrogen) atoms. The van der Waals surface area contributed by atoms with Crippen molar-refractivity contribution in [2.45, 2.75) is 18.5 Å². The predicted molar refractivity (Wildman–Crippen MR) is 118 cm³/mol. The third-order valence-corrected chi connectivity index (χ3v) is 5.65. The smallest absolute Gasteiger partial charge is 0.159 e. The molecule has 1 aliphatic rings. The van der Waals surface area contributed by atoms with Crippen molar-refractivity contribution < 1.29 is 4.74 Å². The van der Waals surface area contributed by atoms with E-state index in [0.29, 0.717) is 0 Å². The van der Waals surface area contributed by atoms with Gasteiger partial charge in [-0.25, -0.2) is 0 Å². The number of hydrazone groups is 1. The molecule has 1 heterocycles. The van der Waals surface area contributed by atoms with Gasteiger partial charge >= 0.3 is 0 Å². The van der Waals surface area contributed by atoms with E-state index >= 15 is 0 Å². The first-order valence-electron chi connectivity index (χ1n) is 9.40. The summed E-state index contributed by atoms with van der Waals surface area (Å²) in [4.78, 5) is 0. The highest BCUT2D eigenvalue weighted by Crippen LogP contribution is 2.39. The zero-order valence-electron chi connectivity index (χ0n) is 16.0. The monoisotopic (exact) mass is 445 g/mol. The average Bonchev–Trinajstić information content (AvgIpc) is 3.21. The van der Waals surface area contributed by atoms with Gasteiger partial charge in [-0.15, -0.1) is 0 Å². The van der Waals surface area contributed by atoms with Crippen LogP contribution in [0.25, 0.3) is 0 Å². The van der Waals surface area contributed by atoms with Gasteiger partial charge < -0.3 is 4.74 Å². The number of benzene rings is 3. The van der Waals surface area contributed by atoms with E-state index in [4.69, 9.17) is 9.84 Å². The van der Waals surface area contributed by atoms with Crippen molar-refractivity contribution in [1.82, 2.24) is 5.01 Å². The van der Waals surface area contributed by atoms with Crippen LogP contribution in [0.15, 0.2) is 88.4 Å². The molecule has 4 nitrogen and oxygen atoms in total. The summed E-state index contributed by atoms with van der Waals surface area (Å²) < 4.78 is 6.26. The van der Waals surface area contributed by atoms with Crippen molar-refractivity contribution in [3.8, 4) is 11.8 Å². The van der Waals surface area contributed by atoms with Crippen LogP contribution in [0.1, 0.15) is 35.2 Å². The van der Waals surface area contributed by atoms with Gasteiger partial charge in [0.2, 0.25) is 0 Å². The number of hydrogen-bond acceptors (Lipinski definition) is 4. The summed E-state index contributed by atoms with van der Waals surface area (Å²) >= 11 is 3.47. The summed E-state index contributed by atoms with van der Waals surface area (Å²) in [6.45, 7) is 0. The van der Waals surface area contributed by atoms with Crippen molar-refractivity contribution in [2.75, 3.05) is 7.11 Å². The van der Waals surface area contributed by atoms with Crippen LogP contribution in [0.2, 0.25) is 0 Å². The van der Waals surface area contributed by atoms with E-state index in [-0.39, 0.29) is 6.04 Å². The summed E-state index contributed by atoms with van der Waals surface area (Å²) in [5.41, 5.74) is 4.09. The Bertz CT molecular complexity index is 1040. The molecule has 5 heteroatoms. The minimum Gasteiger partial charge on any atom is -0.497 e. The Morgan fingerprint density at radius 2 is 1.72 bits per heavy atom. The molecule has 0 fully saturated rings. The fraction of sp³-hybridized carbons (Fsp3) is 0.167. The first kappa shape index (κ1) is 19.2. The maximum absolute atomic E-state index is 10.0. The Kier molecular flexibility index (Phi) is 5.64. The molecule has 0 spiro atoms. The van der Waals surface area contributed by atoms with Crippen molar-refractivity contribution in [3.63, 3.8) is 0 Å². The van der Waals surface area contributed by atoms with Crippen molar-refractivity contribution in [1.29, 1.82) is 5.26 Å². The van der Waals surface area contributed by atoms with Crippen LogP contribution >= 0.6 is 15.9 Å². The first-order chi connectivity index (χ1) is 14.2. The third kappa shape index (κ3) is 4.03. The molecule has 0 radical (unpaired) electrons. The van der Waals surface area contributed by atoms with Gasteiger partial charge in [0.05, 0.1) is 24.9 Å². The normalized spacial score (nSPS) is 16.8. The zero-order chi connectivity index (χ0) is 20.2. The lowest BCUT2D eigenvalue weighted by Crippen LogP contribution is -2.24. The molecule has 0 N–H and O–H groups in total. The number of hydrogen-bond donors (Lipinski definition) is 0. The fourth-order valence-corrected chi connectivity index (χ4v) is 3.86. The van der Waals surface area contributed by atoms with E-state index in [1.165, 1.54) is 0 Å². The molecular formula is C24H20BrN3O. The van der Waals surface area contributed by atoms with E-state index in [2.05, 4.69) is 34.1 Å². The molecule has 0 saturated carbocycles. The van der Waals surface area contributed by atoms with Crippen LogP contribution in [0.4, 0.5) is 0 Å². The minimum atomic E-state index is -0.468. The lowest BCUT2D eigenvalue weighted by atomic mass is 9.97.